The van der Waals surface area contributed by atoms with Crippen LogP contribution in [0.25, 0.3) is 11.1 Å². The molecule has 6 heteroatoms. The second-order valence-electron chi connectivity index (χ2n) is 7.86. The Morgan fingerprint density at radius 3 is 2.35 bits per heavy atom. The summed E-state index contributed by atoms with van der Waals surface area (Å²) in [4.78, 5) is 14.7. The Kier molecular flexibility index (Phi) is 6.64. The molecule has 0 spiro atoms. The van der Waals surface area contributed by atoms with E-state index in [2.05, 4.69) is 10.2 Å². The van der Waals surface area contributed by atoms with E-state index in [1.54, 1.807) is 30.3 Å². The summed E-state index contributed by atoms with van der Waals surface area (Å²) in [5, 5.41) is 3.71. The Labute approximate surface area is 185 Å². The van der Waals surface area contributed by atoms with Crippen molar-refractivity contribution in [1.82, 2.24) is 10.2 Å². The molecule has 0 aromatic heterocycles. The van der Waals surface area contributed by atoms with Gasteiger partial charge in [0.25, 0.3) is 5.91 Å². The number of hydrogen-bond acceptors (Lipinski definition) is 2. The molecule has 1 saturated heterocycles. The van der Waals surface area contributed by atoms with Crippen LogP contribution in [-0.2, 0) is 6.54 Å². The van der Waals surface area contributed by atoms with E-state index in [4.69, 9.17) is 11.6 Å². The number of hydrogen-bond donors (Lipinski definition) is 1. The quantitative estimate of drug-likeness (QED) is 0.553. The summed E-state index contributed by atoms with van der Waals surface area (Å²) in [6, 6.07) is 18.9. The molecule has 0 radical (unpaired) electrons. The molecule has 3 aromatic carbocycles. The van der Waals surface area contributed by atoms with Gasteiger partial charge in [0.05, 0.1) is 0 Å². The van der Waals surface area contributed by atoms with Crippen LogP contribution in [0.2, 0.25) is 5.02 Å². The number of halogens is 3. The highest BCUT2D eigenvalue weighted by Crippen LogP contribution is 2.24. The van der Waals surface area contributed by atoms with E-state index in [0.29, 0.717) is 16.1 Å². The number of likely N-dealkylation sites (tertiary alicyclic amines) is 1. The molecule has 3 nitrogen and oxygen atoms in total. The Bertz CT molecular complexity index is 1060. The largest absolute Gasteiger partial charge is 0.349 e. The zero-order valence-corrected chi connectivity index (χ0v) is 17.7. The predicted molar refractivity (Wildman–Crippen MR) is 119 cm³/mol. The van der Waals surface area contributed by atoms with Gasteiger partial charge in [-0.3, -0.25) is 9.69 Å². The van der Waals surface area contributed by atoms with Gasteiger partial charge in [-0.25, -0.2) is 8.78 Å². The number of carbonyl (C=O) groups excluding carboxylic acids is 1. The molecule has 1 aliphatic heterocycles. The van der Waals surface area contributed by atoms with Gasteiger partial charge in [-0.1, -0.05) is 35.9 Å². The average molecular weight is 441 g/mol. The number of rotatable bonds is 5. The van der Waals surface area contributed by atoms with Crippen molar-refractivity contribution in [3.8, 4) is 11.1 Å². The molecule has 4 rings (SSSR count). The van der Waals surface area contributed by atoms with Gasteiger partial charge in [0.2, 0.25) is 0 Å². The van der Waals surface area contributed by atoms with Gasteiger partial charge in [-0.15, -0.1) is 0 Å². The first kappa shape index (κ1) is 21.5. The van der Waals surface area contributed by atoms with Crippen LogP contribution < -0.4 is 5.32 Å². The first-order valence-corrected chi connectivity index (χ1v) is 10.7. The number of nitrogens with one attached hydrogen (secondary N) is 1. The minimum Gasteiger partial charge on any atom is -0.349 e. The number of carbonyl (C=O) groups is 1. The molecule has 0 unspecified atom stereocenters. The zero-order valence-electron chi connectivity index (χ0n) is 17.0. The normalized spacial score (nSPS) is 15.1. The molecule has 1 heterocycles. The van der Waals surface area contributed by atoms with Gasteiger partial charge in [0, 0.05) is 36.3 Å². The highest BCUT2D eigenvalue weighted by Gasteiger charge is 2.21. The standard InChI is InChI=1S/C25H23ClF2N2O/c26-21-7-4-18(5-8-21)25(31)29-22-10-12-30(13-11-22)16-17-2-1-3-19(14-17)20-6-9-23(27)24(28)15-20/h1-9,14-15,22H,10-13,16H2,(H,29,31). The average Bonchev–Trinajstić information content (AvgIpc) is 2.77. The fourth-order valence-electron chi connectivity index (χ4n) is 3.89. The lowest BCUT2D eigenvalue weighted by Gasteiger charge is -2.32. The molecule has 1 amide bonds. The summed E-state index contributed by atoms with van der Waals surface area (Å²) >= 11 is 5.88. The molecule has 0 aliphatic carbocycles. The van der Waals surface area contributed by atoms with Gasteiger partial charge in [0.15, 0.2) is 11.6 Å². The molecule has 0 bridgehead atoms. The van der Waals surface area contributed by atoms with Crippen molar-refractivity contribution in [1.29, 1.82) is 0 Å². The zero-order chi connectivity index (χ0) is 21.8. The fraction of sp³-hybridized carbons (Fsp3) is 0.240. The monoisotopic (exact) mass is 440 g/mol. The van der Waals surface area contributed by atoms with Crippen molar-refractivity contribution in [2.45, 2.75) is 25.4 Å². The van der Waals surface area contributed by atoms with Gasteiger partial charge < -0.3 is 5.32 Å². The maximum absolute atomic E-state index is 13.6. The summed E-state index contributed by atoms with van der Waals surface area (Å²) in [5.41, 5.74) is 3.25. The SMILES string of the molecule is O=C(NC1CCN(Cc2cccc(-c3ccc(F)c(F)c3)c2)CC1)c1ccc(Cl)cc1. The fourth-order valence-corrected chi connectivity index (χ4v) is 4.01. The predicted octanol–water partition coefficient (Wildman–Crippen LogP) is 5.68. The van der Waals surface area contributed by atoms with Crippen LogP contribution in [0.1, 0.15) is 28.8 Å². The van der Waals surface area contributed by atoms with Gasteiger partial charge in [-0.05, 0) is 72.0 Å². The first-order valence-electron chi connectivity index (χ1n) is 10.3. The van der Waals surface area contributed by atoms with Gasteiger partial charge >= 0.3 is 0 Å². The maximum atomic E-state index is 13.6. The van der Waals surface area contributed by atoms with Crippen LogP contribution in [0, 0.1) is 11.6 Å². The van der Waals surface area contributed by atoms with Crippen molar-refractivity contribution in [2.75, 3.05) is 13.1 Å². The second kappa shape index (κ2) is 9.58. The smallest absolute Gasteiger partial charge is 0.251 e. The van der Waals surface area contributed by atoms with Crippen molar-refractivity contribution in [3.05, 3.63) is 94.5 Å². The van der Waals surface area contributed by atoms with Crippen LogP contribution in [0.4, 0.5) is 8.78 Å². The summed E-state index contributed by atoms with van der Waals surface area (Å²) < 4.78 is 26.8. The maximum Gasteiger partial charge on any atom is 0.251 e. The topological polar surface area (TPSA) is 32.3 Å². The number of piperidine rings is 1. The number of nitrogens with zero attached hydrogens (tertiary/aromatic N) is 1. The summed E-state index contributed by atoms with van der Waals surface area (Å²) in [6.45, 7) is 2.53. The summed E-state index contributed by atoms with van der Waals surface area (Å²) in [6.07, 6.45) is 1.75. The highest BCUT2D eigenvalue weighted by molar-refractivity contribution is 6.30. The van der Waals surface area contributed by atoms with Crippen LogP contribution >= 0.6 is 11.6 Å². The number of amides is 1. The van der Waals surface area contributed by atoms with Crippen molar-refractivity contribution >= 4 is 17.5 Å². The van der Waals surface area contributed by atoms with E-state index in [9.17, 15) is 13.6 Å². The number of benzene rings is 3. The minimum absolute atomic E-state index is 0.0747. The second-order valence-corrected chi connectivity index (χ2v) is 8.30. The first-order chi connectivity index (χ1) is 15.0. The van der Waals surface area contributed by atoms with Gasteiger partial charge in [-0.2, -0.15) is 0 Å². The molecule has 31 heavy (non-hydrogen) atoms. The van der Waals surface area contributed by atoms with E-state index in [0.717, 1.165) is 49.7 Å². The lowest BCUT2D eigenvalue weighted by atomic mass is 10.0. The molecule has 0 saturated carbocycles. The van der Waals surface area contributed by atoms with E-state index >= 15 is 0 Å². The van der Waals surface area contributed by atoms with E-state index in [1.807, 2.05) is 24.3 Å². The van der Waals surface area contributed by atoms with Crippen LogP contribution in [-0.4, -0.2) is 29.9 Å². The van der Waals surface area contributed by atoms with Crippen molar-refractivity contribution in [2.24, 2.45) is 0 Å². The third kappa shape index (κ3) is 5.49. The Balaban J connectivity index is 1.32. The lowest BCUT2D eigenvalue weighted by Crippen LogP contribution is -2.44. The Morgan fingerprint density at radius 2 is 1.65 bits per heavy atom. The summed E-state index contributed by atoms with van der Waals surface area (Å²) in [5.74, 6) is -1.76. The van der Waals surface area contributed by atoms with Crippen molar-refractivity contribution < 1.29 is 13.6 Å². The van der Waals surface area contributed by atoms with Crippen molar-refractivity contribution in [3.63, 3.8) is 0 Å². The Hall–Kier alpha value is -2.76. The van der Waals surface area contributed by atoms with E-state index in [-0.39, 0.29) is 11.9 Å². The molecule has 160 valence electrons. The molecule has 1 fully saturated rings. The Morgan fingerprint density at radius 1 is 0.935 bits per heavy atom. The third-order valence-electron chi connectivity index (χ3n) is 5.62. The molecule has 3 aromatic rings. The highest BCUT2D eigenvalue weighted by atomic mass is 35.5. The molecule has 1 aliphatic rings. The van der Waals surface area contributed by atoms with Crippen LogP contribution in [0.15, 0.2) is 66.7 Å². The van der Waals surface area contributed by atoms with Crippen LogP contribution in [0.5, 0.6) is 0 Å². The van der Waals surface area contributed by atoms with Gasteiger partial charge in [0.1, 0.15) is 0 Å². The van der Waals surface area contributed by atoms with E-state index in [1.165, 1.54) is 6.07 Å². The molecular weight excluding hydrogens is 418 g/mol. The molecule has 1 N–H and O–H groups in total. The summed E-state index contributed by atoms with van der Waals surface area (Å²) in [7, 11) is 0. The molecular formula is C25H23ClF2N2O. The van der Waals surface area contributed by atoms with E-state index < -0.39 is 11.6 Å². The molecule has 0 atom stereocenters. The van der Waals surface area contributed by atoms with Crippen LogP contribution in [0.3, 0.4) is 0 Å². The minimum atomic E-state index is -0.842. The third-order valence-corrected chi connectivity index (χ3v) is 5.87. The lowest BCUT2D eigenvalue weighted by molar-refractivity contribution is 0.0909.